The highest BCUT2D eigenvalue weighted by molar-refractivity contribution is 5.44. The van der Waals surface area contributed by atoms with Crippen molar-refractivity contribution in [3.8, 4) is 6.07 Å². The minimum absolute atomic E-state index is 0.0799. The van der Waals surface area contributed by atoms with Gasteiger partial charge in [0.15, 0.2) is 0 Å². The van der Waals surface area contributed by atoms with Crippen molar-refractivity contribution in [2.24, 2.45) is 5.92 Å². The van der Waals surface area contributed by atoms with Crippen LogP contribution in [0, 0.1) is 17.2 Å². The minimum Gasteiger partial charge on any atom is -0.381 e. The molecule has 148 valence electrons. The fraction of sp³-hybridized carbons (Fsp3) is 0.714. The number of ether oxygens (including phenoxy) is 1. The molecule has 27 heavy (non-hydrogen) atoms. The van der Waals surface area contributed by atoms with Crippen LogP contribution < -0.4 is 4.90 Å². The quantitative estimate of drug-likeness (QED) is 0.766. The van der Waals surface area contributed by atoms with Crippen LogP contribution in [-0.4, -0.2) is 73.4 Å². The van der Waals surface area contributed by atoms with Gasteiger partial charge in [0.1, 0.15) is 17.6 Å². The van der Waals surface area contributed by atoms with Crippen LogP contribution in [0.2, 0.25) is 0 Å². The van der Waals surface area contributed by atoms with Crippen LogP contribution in [-0.2, 0) is 4.74 Å². The molecular formula is C21H33N5O. The molecule has 1 aromatic heterocycles. The van der Waals surface area contributed by atoms with Crippen molar-refractivity contribution in [1.29, 1.82) is 5.26 Å². The molecule has 0 aliphatic carbocycles. The summed E-state index contributed by atoms with van der Waals surface area (Å²) in [5, 5.41) is 9.22. The average molecular weight is 372 g/mol. The van der Waals surface area contributed by atoms with Crippen LogP contribution in [0.3, 0.4) is 0 Å². The molecule has 6 heteroatoms. The van der Waals surface area contributed by atoms with Crippen LogP contribution in [0.1, 0.15) is 38.8 Å². The topological polar surface area (TPSA) is 55.6 Å². The molecule has 3 rings (SSSR count). The third kappa shape index (κ3) is 4.60. The molecule has 0 spiro atoms. The Kier molecular flexibility index (Phi) is 6.69. The summed E-state index contributed by atoms with van der Waals surface area (Å²) in [5.41, 5.74) is 0.392. The lowest BCUT2D eigenvalue weighted by Crippen LogP contribution is -2.66. The zero-order chi connectivity index (χ0) is 19.3. The molecule has 2 aliphatic heterocycles. The van der Waals surface area contributed by atoms with E-state index in [2.05, 4.69) is 46.6 Å². The lowest BCUT2D eigenvalue weighted by Gasteiger charge is -2.54. The first-order chi connectivity index (χ1) is 13.0. The summed E-state index contributed by atoms with van der Waals surface area (Å²) in [4.78, 5) is 12.1. The first-order valence-corrected chi connectivity index (χ1v) is 10.2. The third-order valence-corrected chi connectivity index (χ3v) is 6.09. The van der Waals surface area contributed by atoms with Crippen LogP contribution in [0.5, 0.6) is 0 Å². The van der Waals surface area contributed by atoms with E-state index in [-0.39, 0.29) is 5.66 Å². The standard InChI is InChI=1S/C21H33N5O/c1-18(2)7-10-25-11-13-26(14-12-25)21(8-15-27-16-9-21)24(3)20-6-4-5-19(17-22)23-20/h4-6,18H,7-16H2,1-3H3. The molecule has 2 fully saturated rings. The van der Waals surface area contributed by atoms with Gasteiger partial charge in [-0.05, 0) is 31.0 Å². The van der Waals surface area contributed by atoms with Crippen molar-refractivity contribution in [2.75, 3.05) is 57.9 Å². The number of piperazine rings is 1. The smallest absolute Gasteiger partial charge is 0.142 e. The second-order valence-electron chi connectivity index (χ2n) is 8.16. The van der Waals surface area contributed by atoms with Gasteiger partial charge >= 0.3 is 0 Å². The summed E-state index contributed by atoms with van der Waals surface area (Å²) in [6, 6.07) is 7.86. The van der Waals surface area contributed by atoms with E-state index in [1.807, 2.05) is 12.1 Å². The number of nitrogens with zero attached hydrogens (tertiary/aromatic N) is 5. The molecule has 2 saturated heterocycles. The molecule has 0 aromatic carbocycles. The first-order valence-electron chi connectivity index (χ1n) is 10.2. The van der Waals surface area contributed by atoms with Crippen molar-refractivity contribution in [3.63, 3.8) is 0 Å². The molecule has 1 aromatic rings. The Morgan fingerprint density at radius 1 is 1.22 bits per heavy atom. The Hall–Kier alpha value is -1.68. The van der Waals surface area contributed by atoms with Gasteiger partial charge < -0.3 is 14.5 Å². The Labute approximate surface area is 163 Å². The van der Waals surface area contributed by atoms with E-state index in [1.165, 1.54) is 13.0 Å². The Balaban J connectivity index is 1.74. The van der Waals surface area contributed by atoms with Gasteiger partial charge in [0.25, 0.3) is 0 Å². The second kappa shape index (κ2) is 9.01. The SMILES string of the molecule is CC(C)CCN1CCN(C2(N(C)c3cccc(C#N)n3)CCOCC2)CC1. The number of nitriles is 1. The predicted octanol–water partition coefficient (Wildman–Crippen LogP) is 2.56. The Morgan fingerprint density at radius 2 is 1.93 bits per heavy atom. The van der Waals surface area contributed by atoms with Crippen LogP contribution >= 0.6 is 0 Å². The van der Waals surface area contributed by atoms with Crippen molar-refractivity contribution in [2.45, 2.75) is 38.8 Å². The van der Waals surface area contributed by atoms with Gasteiger partial charge in [0, 0.05) is 46.1 Å². The molecule has 0 saturated carbocycles. The minimum atomic E-state index is -0.0799. The van der Waals surface area contributed by atoms with E-state index in [4.69, 9.17) is 4.74 Å². The number of rotatable bonds is 6. The number of hydrogen-bond donors (Lipinski definition) is 0. The van der Waals surface area contributed by atoms with Gasteiger partial charge in [-0.3, -0.25) is 4.90 Å². The largest absolute Gasteiger partial charge is 0.381 e. The summed E-state index contributed by atoms with van der Waals surface area (Å²) in [5.74, 6) is 1.63. The van der Waals surface area contributed by atoms with Gasteiger partial charge in [-0.15, -0.1) is 0 Å². The van der Waals surface area contributed by atoms with Crippen molar-refractivity contribution >= 4 is 5.82 Å². The summed E-state index contributed by atoms with van der Waals surface area (Å²) in [6.07, 6.45) is 3.20. The van der Waals surface area contributed by atoms with Gasteiger partial charge in [0.05, 0.1) is 18.9 Å². The predicted molar refractivity (Wildman–Crippen MR) is 108 cm³/mol. The monoisotopic (exact) mass is 371 g/mol. The van der Waals surface area contributed by atoms with Gasteiger partial charge in [-0.2, -0.15) is 5.26 Å². The number of aromatic nitrogens is 1. The lowest BCUT2D eigenvalue weighted by atomic mass is 9.94. The van der Waals surface area contributed by atoms with Crippen LogP contribution in [0.15, 0.2) is 18.2 Å². The molecule has 6 nitrogen and oxygen atoms in total. The molecule has 0 bridgehead atoms. The van der Waals surface area contributed by atoms with Crippen molar-refractivity contribution in [1.82, 2.24) is 14.8 Å². The number of pyridine rings is 1. The zero-order valence-electron chi connectivity index (χ0n) is 17.0. The zero-order valence-corrected chi connectivity index (χ0v) is 17.0. The number of anilines is 1. The molecule has 3 heterocycles. The van der Waals surface area contributed by atoms with E-state index in [0.717, 1.165) is 64.0 Å². The van der Waals surface area contributed by atoms with Crippen molar-refractivity contribution < 1.29 is 4.74 Å². The Bertz CT molecular complexity index is 642. The third-order valence-electron chi connectivity index (χ3n) is 6.09. The molecule has 0 radical (unpaired) electrons. The van der Waals surface area contributed by atoms with Crippen LogP contribution in [0.4, 0.5) is 5.82 Å². The highest BCUT2D eigenvalue weighted by Gasteiger charge is 2.43. The molecule has 2 aliphatic rings. The maximum atomic E-state index is 9.22. The van der Waals surface area contributed by atoms with E-state index < -0.39 is 0 Å². The maximum Gasteiger partial charge on any atom is 0.142 e. The molecule has 0 N–H and O–H groups in total. The fourth-order valence-corrected chi connectivity index (χ4v) is 4.28. The van der Waals surface area contributed by atoms with Gasteiger partial charge in [-0.25, -0.2) is 4.98 Å². The maximum absolute atomic E-state index is 9.22. The lowest BCUT2D eigenvalue weighted by molar-refractivity contribution is -0.0470. The summed E-state index contributed by atoms with van der Waals surface area (Å²) >= 11 is 0. The van der Waals surface area contributed by atoms with E-state index in [0.29, 0.717) is 5.69 Å². The van der Waals surface area contributed by atoms with E-state index in [1.54, 1.807) is 6.07 Å². The molecule has 0 amide bonds. The molecular weight excluding hydrogens is 338 g/mol. The van der Waals surface area contributed by atoms with Crippen LogP contribution in [0.25, 0.3) is 0 Å². The average Bonchev–Trinajstić information content (AvgIpc) is 2.72. The summed E-state index contributed by atoms with van der Waals surface area (Å²) in [7, 11) is 2.12. The first kappa shape index (κ1) is 20.1. The van der Waals surface area contributed by atoms with Gasteiger partial charge in [0.2, 0.25) is 0 Å². The number of hydrogen-bond acceptors (Lipinski definition) is 6. The van der Waals surface area contributed by atoms with Gasteiger partial charge in [-0.1, -0.05) is 19.9 Å². The summed E-state index contributed by atoms with van der Waals surface area (Å²) < 4.78 is 5.70. The highest BCUT2D eigenvalue weighted by Crippen LogP contribution is 2.34. The van der Waals surface area contributed by atoms with E-state index in [9.17, 15) is 5.26 Å². The fourth-order valence-electron chi connectivity index (χ4n) is 4.28. The van der Waals surface area contributed by atoms with E-state index >= 15 is 0 Å². The normalized spacial score (nSPS) is 21.1. The highest BCUT2D eigenvalue weighted by atomic mass is 16.5. The molecule has 0 unspecified atom stereocenters. The summed E-state index contributed by atoms with van der Waals surface area (Å²) in [6.45, 7) is 11.7. The Morgan fingerprint density at radius 3 is 2.56 bits per heavy atom. The molecule has 0 atom stereocenters. The van der Waals surface area contributed by atoms with Crippen molar-refractivity contribution in [3.05, 3.63) is 23.9 Å². The second-order valence-corrected chi connectivity index (χ2v) is 8.16.